The van der Waals surface area contributed by atoms with Crippen molar-refractivity contribution in [2.45, 2.75) is 132 Å². The zero-order valence-corrected chi connectivity index (χ0v) is 43.7. The van der Waals surface area contributed by atoms with Gasteiger partial charge in [0.2, 0.25) is 59.1 Å². The average molecular weight is 1100 g/mol. The molecule has 0 saturated carbocycles. The summed E-state index contributed by atoms with van der Waals surface area (Å²) < 4.78 is 0. The van der Waals surface area contributed by atoms with Crippen LogP contribution in [0.2, 0.25) is 0 Å². The quantitative estimate of drug-likeness (QED) is 0.0243. The summed E-state index contributed by atoms with van der Waals surface area (Å²) in [6, 6.07) is -2.24. The second-order valence-corrected chi connectivity index (χ2v) is 19.3. The lowest BCUT2D eigenvalue weighted by Crippen LogP contribution is -2.61. The van der Waals surface area contributed by atoms with Gasteiger partial charge < -0.3 is 85.5 Å². The smallest absolute Gasteiger partial charge is 0.326 e. The number of carboxylic acid groups (broad SMARTS) is 1. The van der Waals surface area contributed by atoms with Gasteiger partial charge in [0.25, 0.3) is 0 Å². The molecule has 1 fully saturated rings. The molecular formula is C49H72N12O15S. The highest BCUT2D eigenvalue weighted by atomic mass is 32.1. The van der Waals surface area contributed by atoms with Crippen molar-refractivity contribution in [3.05, 3.63) is 59.7 Å². The Morgan fingerprint density at radius 1 is 0.623 bits per heavy atom. The normalized spacial score (nSPS) is 16.2. The number of primary amides is 2. The van der Waals surface area contributed by atoms with Crippen LogP contribution in [0, 0.1) is 5.92 Å². The number of benzene rings is 2. The minimum Gasteiger partial charge on any atom is -0.508 e. The number of aliphatic hydroxyl groups excluding tert-OH is 1. The Morgan fingerprint density at radius 2 is 1.06 bits per heavy atom. The second kappa shape index (κ2) is 31.5. The van der Waals surface area contributed by atoms with Gasteiger partial charge in [-0.15, -0.1) is 0 Å². The van der Waals surface area contributed by atoms with E-state index in [0.717, 1.165) is 4.90 Å². The lowest BCUT2D eigenvalue weighted by Gasteiger charge is -2.30. The Hall–Kier alpha value is -7.56. The molecule has 77 heavy (non-hydrogen) atoms. The highest BCUT2D eigenvalue weighted by Crippen LogP contribution is 2.21. The predicted molar refractivity (Wildman–Crippen MR) is 278 cm³/mol. The molecule has 1 heterocycles. The van der Waals surface area contributed by atoms with E-state index in [1.807, 2.05) is 0 Å². The van der Waals surface area contributed by atoms with Crippen LogP contribution in [-0.4, -0.2) is 170 Å². The van der Waals surface area contributed by atoms with Crippen molar-refractivity contribution in [3.63, 3.8) is 0 Å². The van der Waals surface area contributed by atoms with Crippen LogP contribution >= 0.6 is 12.6 Å². The molecule has 28 heteroatoms. The van der Waals surface area contributed by atoms with Crippen LogP contribution in [0.1, 0.15) is 76.3 Å². The van der Waals surface area contributed by atoms with E-state index in [2.05, 4.69) is 49.8 Å². The van der Waals surface area contributed by atoms with Crippen molar-refractivity contribution in [2.75, 3.05) is 25.4 Å². The molecule has 3 rings (SSSR count). The number of carbonyl (C=O) groups is 11. The minimum absolute atomic E-state index is 0.0231. The Balaban J connectivity index is 1.77. The second-order valence-electron chi connectivity index (χ2n) is 18.9. The lowest BCUT2D eigenvalue weighted by molar-refractivity contribution is -0.143. The number of thiol groups is 1. The highest BCUT2D eigenvalue weighted by Gasteiger charge is 2.41. The van der Waals surface area contributed by atoms with Crippen LogP contribution in [0.5, 0.6) is 11.5 Å². The molecule has 0 radical (unpaired) electrons. The summed E-state index contributed by atoms with van der Waals surface area (Å²) in [6.45, 7) is 2.67. The van der Waals surface area contributed by atoms with Crippen molar-refractivity contribution < 1.29 is 73.2 Å². The molecule has 1 aliphatic rings. The monoisotopic (exact) mass is 1100 g/mol. The molecule has 1 saturated heterocycles. The van der Waals surface area contributed by atoms with Gasteiger partial charge in [0.1, 0.15) is 59.8 Å². The Labute approximate surface area is 449 Å². The van der Waals surface area contributed by atoms with Crippen LogP contribution < -0.4 is 60.2 Å². The molecule has 0 aliphatic carbocycles. The SMILES string of the molecule is CC(C)C[C@H](NC(=O)[C@H](Cc1ccc(O)cc1)NC(=O)[C@H](CC(N)=O)NC(=O)[C@H](CO)NC(=O)[C@H](CS)NC(=O)[C@@H]1CCCN1C(=O)[C@H](CC(N)=O)NC(=O)[C@H](Cc1ccc(O)cc1)NC(=O)[C@@H](N)CCCCN)C(=O)O. The number of phenolic OH excluding ortho intramolecular Hbond substituents is 2. The largest absolute Gasteiger partial charge is 0.508 e. The number of phenols is 2. The molecule has 0 spiro atoms. The first-order valence-corrected chi connectivity index (χ1v) is 25.5. The number of carboxylic acids is 1. The third-order valence-electron chi connectivity index (χ3n) is 12.2. The standard InChI is InChI=1S/C49H72N12O15S/c1-25(2)18-35(49(75)76)58-43(69)32(20-27-10-14-29(64)15-11-27)55-44(70)33(21-39(52)65)56-45(71)36(23-62)59-46(72)37(24-77)60-47(73)38-7-5-17-61(38)48(74)34(22-40(53)66)57-42(68)31(19-26-8-12-28(63)13-9-26)54-41(67)30(51)6-3-4-16-50/h8-15,25,30-38,62-64,77H,3-7,16-24,50-51H2,1-2H3,(H2,52,65)(H2,53,66)(H,54,67)(H,55,70)(H,56,71)(H,57,68)(H,58,69)(H,59,72)(H,60,73)(H,75,76)/t30-,31-,32-,33-,34-,35-,36-,37-,38-/m0/s1. The Morgan fingerprint density at radius 3 is 1.55 bits per heavy atom. The summed E-state index contributed by atoms with van der Waals surface area (Å²) in [5.41, 5.74) is 23.4. The van der Waals surface area contributed by atoms with E-state index in [9.17, 15) is 73.2 Å². The van der Waals surface area contributed by atoms with Crippen LogP contribution in [-0.2, 0) is 65.6 Å². The molecule has 1 aliphatic heterocycles. The first-order chi connectivity index (χ1) is 36.4. The highest BCUT2D eigenvalue weighted by molar-refractivity contribution is 7.80. The number of unbranched alkanes of at least 4 members (excludes halogenated alkanes) is 1. The number of nitrogens with zero attached hydrogens (tertiary/aromatic N) is 1. The van der Waals surface area contributed by atoms with Crippen molar-refractivity contribution in [2.24, 2.45) is 28.9 Å². The topological polar surface area (TPSA) is 460 Å². The molecule has 10 amide bonds. The lowest BCUT2D eigenvalue weighted by atomic mass is 10.0. The molecular weight excluding hydrogens is 1030 g/mol. The number of amides is 10. The third-order valence-corrected chi connectivity index (χ3v) is 12.5. The molecule has 0 unspecified atom stereocenters. The first kappa shape index (κ1) is 63.7. The van der Waals surface area contributed by atoms with E-state index in [1.54, 1.807) is 13.8 Å². The van der Waals surface area contributed by atoms with Gasteiger partial charge in [0.15, 0.2) is 0 Å². The Bertz CT molecular complexity index is 2400. The van der Waals surface area contributed by atoms with Gasteiger partial charge in [-0.2, -0.15) is 12.6 Å². The number of likely N-dealkylation sites (tertiary alicyclic amines) is 1. The van der Waals surface area contributed by atoms with E-state index < -0.39 is 145 Å². The number of aliphatic carboxylic acids is 1. The summed E-state index contributed by atoms with van der Waals surface area (Å²) in [6.07, 6.45) is -0.318. The maximum atomic E-state index is 14.2. The number of hydrogen-bond donors (Lipinski definition) is 16. The van der Waals surface area contributed by atoms with E-state index in [0.29, 0.717) is 30.5 Å². The average Bonchev–Trinajstić information content (AvgIpc) is 3.87. The predicted octanol–water partition coefficient (Wildman–Crippen LogP) is -4.47. The van der Waals surface area contributed by atoms with E-state index >= 15 is 0 Å². The van der Waals surface area contributed by atoms with Gasteiger partial charge in [-0.05, 0) is 80.0 Å². The molecule has 0 bridgehead atoms. The zero-order chi connectivity index (χ0) is 57.5. The molecule has 9 atom stereocenters. The van der Waals surface area contributed by atoms with Crippen molar-refractivity contribution in [1.82, 2.24) is 42.1 Å². The van der Waals surface area contributed by atoms with Gasteiger partial charge in [-0.25, -0.2) is 4.79 Å². The van der Waals surface area contributed by atoms with Crippen molar-refractivity contribution in [1.29, 1.82) is 0 Å². The third kappa shape index (κ3) is 21.2. The van der Waals surface area contributed by atoms with Crippen LogP contribution in [0.25, 0.3) is 0 Å². The molecule has 27 nitrogen and oxygen atoms in total. The van der Waals surface area contributed by atoms with Crippen molar-refractivity contribution in [3.8, 4) is 11.5 Å². The molecule has 2 aromatic rings. The first-order valence-electron chi connectivity index (χ1n) is 24.8. The maximum absolute atomic E-state index is 14.2. The molecule has 0 aromatic heterocycles. The molecule has 2 aromatic carbocycles. The summed E-state index contributed by atoms with van der Waals surface area (Å²) in [5.74, 6) is -12.1. The summed E-state index contributed by atoms with van der Waals surface area (Å²) in [7, 11) is 0. The van der Waals surface area contributed by atoms with E-state index in [4.69, 9.17) is 22.9 Å². The summed E-state index contributed by atoms with van der Waals surface area (Å²) in [4.78, 5) is 147. The summed E-state index contributed by atoms with van der Waals surface area (Å²) in [5, 5.41) is 56.3. The fraction of sp³-hybridized carbons (Fsp3) is 0.531. The number of carbonyl (C=O) groups excluding carboxylic acids is 10. The van der Waals surface area contributed by atoms with Gasteiger partial charge in [0, 0.05) is 25.1 Å². The fourth-order valence-electron chi connectivity index (χ4n) is 8.10. The van der Waals surface area contributed by atoms with E-state index in [-0.39, 0.29) is 62.5 Å². The summed E-state index contributed by atoms with van der Waals surface area (Å²) >= 11 is 4.16. The molecule has 424 valence electrons. The molecule has 19 N–H and O–H groups in total. The number of aromatic hydroxyl groups is 2. The maximum Gasteiger partial charge on any atom is 0.326 e. The number of nitrogens with one attached hydrogen (secondary N) is 7. The van der Waals surface area contributed by atoms with Gasteiger partial charge in [-0.3, -0.25) is 47.9 Å². The zero-order valence-electron chi connectivity index (χ0n) is 42.8. The Kier molecular flexibility index (Phi) is 26.1. The van der Waals surface area contributed by atoms with Gasteiger partial charge >= 0.3 is 5.97 Å². The van der Waals surface area contributed by atoms with Crippen LogP contribution in [0.15, 0.2) is 48.5 Å². The van der Waals surface area contributed by atoms with Gasteiger partial charge in [0.05, 0.1) is 25.5 Å². The number of aliphatic hydroxyl groups is 1. The van der Waals surface area contributed by atoms with Gasteiger partial charge in [-0.1, -0.05) is 44.5 Å². The van der Waals surface area contributed by atoms with Crippen LogP contribution in [0.4, 0.5) is 0 Å². The number of rotatable bonds is 32. The number of nitrogens with two attached hydrogens (primary N) is 4. The van der Waals surface area contributed by atoms with Crippen LogP contribution in [0.3, 0.4) is 0 Å². The van der Waals surface area contributed by atoms with E-state index in [1.165, 1.54) is 48.5 Å². The fourth-order valence-corrected chi connectivity index (χ4v) is 8.36. The minimum atomic E-state index is -1.86. The number of hydrogen-bond acceptors (Lipinski definition) is 17. The van der Waals surface area contributed by atoms with Crippen molar-refractivity contribution >= 4 is 77.7 Å².